The smallest absolute Gasteiger partial charge is 0.326 e. The monoisotopic (exact) mass is 432 g/mol. The Bertz CT molecular complexity index is 783. The van der Waals surface area contributed by atoms with E-state index in [1.165, 1.54) is 4.90 Å². The van der Waals surface area contributed by atoms with Gasteiger partial charge in [0.15, 0.2) is 0 Å². The molecule has 1 aliphatic heterocycles. The molecule has 3 atom stereocenters. The Morgan fingerprint density at radius 3 is 2.39 bits per heavy atom. The standard InChI is InChI=1S/C22H32N4O5/c1-14(2)11-17(22(30)31)25-20(28)18-9-6-10-26(18)21(29)16(24-19(27)13-23)12-15-7-4-3-5-8-15/h3-5,7-8,14,16-18H,6,9-13,23H2,1-2H3,(H,24,27)(H,25,28)(H,30,31). The van der Waals surface area contributed by atoms with Crippen LogP contribution in [-0.4, -0.2) is 64.9 Å². The van der Waals surface area contributed by atoms with Crippen LogP contribution in [0.3, 0.4) is 0 Å². The zero-order valence-corrected chi connectivity index (χ0v) is 18.0. The first-order valence-electron chi connectivity index (χ1n) is 10.6. The molecule has 31 heavy (non-hydrogen) atoms. The zero-order chi connectivity index (χ0) is 23.0. The number of nitrogens with zero attached hydrogens (tertiary/aromatic N) is 1. The van der Waals surface area contributed by atoms with Crippen LogP contribution in [0.15, 0.2) is 30.3 Å². The van der Waals surface area contributed by atoms with Crippen molar-refractivity contribution in [2.24, 2.45) is 11.7 Å². The molecule has 1 fully saturated rings. The maximum absolute atomic E-state index is 13.3. The molecule has 2 rings (SSSR count). The second-order valence-corrected chi connectivity index (χ2v) is 8.23. The summed E-state index contributed by atoms with van der Waals surface area (Å²) in [5.41, 5.74) is 6.27. The summed E-state index contributed by atoms with van der Waals surface area (Å²) in [6, 6.07) is 6.60. The number of nitrogens with one attached hydrogen (secondary N) is 2. The fraction of sp³-hybridized carbons (Fsp3) is 0.545. The first-order valence-corrected chi connectivity index (χ1v) is 10.6. The first kappa shape index (κ1) is 24.3. The van der Waals surface area contributed by atoms with Crippen LogP contribution < -0.4 is 16.4 Å². The number of benzene rings is 1. The molecule has 1 heterocycles. The van der Waals surface area contributed by atoms with Gasteiger partial charge in [0.1, 0.15) is 18.1 Å². The molecule has 0 bridgehead atoms. The molecule has 0 aromatic heterocycles. The van der Waals surface area contributed by atoms with Gasteiger partial charge in [-0.15, -0.1) is 0 Å². The summed E-state index contributed by atoms with van der Waals surface area (Å²) in [5.74, 6) is -2.33. The molecule has 0 saturated carbocycles. The van der Waals surface area contributed by atoms with Gasteiger partial charge in [-0.05, 0) is 30.7 Å². The van der Waals surface area contributed by atoms with E-state index in [1.807, 2.05) is 44.2 Å². The summed E-state index contributed by atoms with van der Waals surface area (Å²) in [6.45, 7) is 3.87. The van der Waals surface area contributed by atoms with Gasteiger partial charge in [0.05, 0.1) is 6.54 Å². The lowest BCUT2D eigenvalue weighted by Crippen LogP contribution is -2.56. The highest BCUT2D eigenvalue weighted by Crippen LogP contribution is 2.20. The van der Waals surface area contributed by atoms with Crippen molar-refractivity contribution in [1.29, 1.82) is 0 Å². The number of hydrogen-bond acceptors (Lipinski definition) is 5. The second kappa shape index (κ2) is 11.5. The van der Waals surface area contributed by atoms with Crippen molar-refractivity contribution in [3.63, 3.8) is 0 Å². The lowest BCUT2D eigenvalue weighted by molar-refractivity contribution is -0.145. The number of amides is 3. The fourth-order valence-electron chi connectivity index (χ4n) is 3.77. The Morgan fingerprint density at radius 1 is 1.13 bits per heavy atom. The van der Waals surface area contributed by atoms with E-state index in [9.17, 15) is 24.3 Å². The first-order chi connectivity index (χ1) is 14.7. The van der Waals surface area contributed by atoms with E-state index in [-0.39, 0.29) is 24.8 Å². The number of carboxylic acids is 1. The molecule has 0 aliphatic carbocycles. The largest absolute Gasteiger partial charge is 0.480 e. The van der Waals surface area contributed by atoms with Crippen molar-refractivity contribution in [1.82, 2.24) is 15.5 Å². The summed E-state index contributed by atoms with van der Waals surface area (Å²) >= 11 is 0. The molecule has 1 aromatic carbocycles. The zero-order valence-electron chi connectivity index (χ0n) is 18.0. The van der Waals surface area contributed by atoms with E-state index in [0.29, 0.717) is 25.8 Å². The fourth-order valence-corrected chi connectivity index (χ4v) is 3.77. The third-order valence-corrected chi connectivity index (χ3v) is 5.26. The average molecular weight is 433 g/mol. The number of carbonyl (C=O) groups excluding carboxylic acids is 3. The Hall–Kier alpha value is -2.94. The lowest BCUT2D eigenvalue weighted by atomic mass is 10.0. The molecule has 5 N–H and O–H groups in total. The molecular formula is C22H32N4O5. The van der Waals surface area contributed by atoms with Crippen LogP contribution in [0.25, 0.3) is 0 Å². The van der Waals surface area contributed by atoms with Crippen molar-refractivity contribution in [3.05, 3.63) is 35.9 Å². The highest BCUT2D eigenvalue weighted by atomic mass is 16.4. The van der Waals surface area contributed by atoms with Crippen molar-refractivity contribution in [2.45, 2.75) is 57.7 Å². The number of carboxylic acid groups (broad SMARTS) is 1. The minimum Gasteiger partial charge on any atom is -0.480 e. The summed E-state index contributed by atoms with van der Waals surface area (Å²) in [5, 5.41) is 14.6. The number of likely N-dealkylation sites (tertiary alicyclic amines) is 1. The molecule has 9 nitrogen and oxygen atoms in total. The predicted octanol–water partition coefficient (Wildman–Crippen LogP) is 0.279. The molecule has 9 heteroatoms. The van der Waals surface area contributed by atoms with Crippen LogP contribution >= 0.6 is 0 Å². The van der Waals surface area contributed by atoms with Gasteiger partial charge < -0.3 is 26.4 Å². The molecule has 1 saturated heterocycles. The minimum absolute atomic E-state index is 0.0874. The Kier molecular flexibility index (Phi) is 8.99. The normalized spacial score (nSPS) is 17.8. The van der Waals surface area contributed by atoms with E-state index >= 15 is 0 Å². The molecule has 1 aromatic rings. The number of rotatable bonds is 10. The van der Waals surface area contributed by atoms with Crippen LogP contribution in [-0.2, 0) is 25.6 Å². The maximum Gasteiger partial charge on any atom is 0.326 e. The Balaban J connectivity index is 2.15. The van der Waals surface area contributed by atoms with Gasteiger partial charge in [0.25, 0.3) is 0 Å². The van der Waals surface area contributed by atoms with E-state index in [2.05, 4.69) is 10.6 Å². The third-order valence-electron chi connectivity index (χ3n) is 5.26. The summed E-state index contributed by atoms with van der Waals surface area (Å²) < 4.78 is 0. The third kappa shape index (κ3) is 7.06. The molecule has 3 amide bonds. The molecule has 1 aliphatic rings. The van der Waals surface area contributed by atoms with E-state index < -0.39 is 35.9 Å². The topological polar surface area (TPSA) is 142 Å². The lowest BCUT2D eigenvalue weighted by Gasteiger charge is -2.29. The van der Waals surface area contributed by atoms with Crippen LogP contribution in [0.4, 0.5) is 0 Å². The second-order valence-electron chi connectivity index (χ2n) is 8.23. The molecular weight excluding hydrogens is 400 g/mol. The summed E-state index contributed by atoms with van der Waals surface area (Å²) in [6.07, 6.45) is 1.62. The Labute approximate surface area is 182 Å². The van der Waals surface area contributed by atoms with E-state index in [4.69, 9.17) is 5.73 Å². The SMILES string of the molecule is CC(C)CC(NC(=O)C1CCCN1C(=O)C(Cc1ccccc1)NC(=O)CN)C(=O)O. The number of aliphatic carboxylic acids is 1. The van der Waals surface area contributed by atoms with Crippen LogP contribution in [0.5, 0.6) is 0 Å². The van der Waals surface area contributed by atoms with Crippen molar-refractivity contribution in [2.75, 3.05) is 13.1 Å². The van der Waals surface area contributed by atoms with Crippen LogP contribution in [0.1, 0.15) is 38.7 Å². The molecule has 0 radical (unpaired) electrons. The van der Waals surface area contributed by atoms with Gasteiger partial charge in [0.2, 0.25) is 17.7 Å². The van der Waals surface area contributed by atoms with Crippen LogP contribution in [0, 0.1) is 5.92 Å². The minimum atomic E-state index is -1.10. The number of carbonyl (C=O) groups is 4. The van der Waals surface area contributed by atoms with E-state index in [1.54, 1.807) is 0 Å². The average Bonchev–Trinajstić information content (AvgIpc) is 3.22. The predicted molar refractivity (Wildman–Crippen MR) is 115 cm³/mol. The number of nitrogens with two attached hydrogens (primary N) is 1. The van der Waals surface area contributed by atoms with Crippen molar-refractivity contribution in [3.8, 4) is 0 Å². The van der Waals surface area contributed by atoms with Gasteiger partial charge in [0, 0.05) is 13.0 Å². The summed E-state index contributed by atoms with van der Waals surface area (Å²) in [4.78, 5) is 51.0. The van der Waals surface area contributed by atoms with Gasteiger partial charge >= 0.3 is 5.97 Å². The highest BCUT2D eigenvalue weighted by Gasteiger charge is 2.38. The number of hydrogen-bond donors (Lipinski definition) is 4. The molecule has 170 valence electrons. The van der Waals surface area contributed by atoms with Crippen LogP contribution in [0.2, 0.25) is 0 Å². The molecule has 3 unspecified atom stereocenters. The van der Waals surface area contributed by atoms with Crippen molar-refractivity contribution < 1.29 is 24.3 Å². The van der Waals surface area contributed by atoms with Gasteiger partial charge in [-0.1, -0.05) is 44.2 Å². The summed E-state index contributed by atoms with van der Waals surface area (Å²) in [7, 11) is 0. The molecule has 0 spiro atoms. The van der Waals surface area contributed by atoms with Gasteiger partial charge in [-0.2, -0.15) is 0 Å². The highest BCUT2D eigenvalue weighted by molar-refractivity contribution is 5.94. The van der Waals surface area contributed by atoms with Gasteiger partial charge in [-0.25, -0.2) is 4.79 Å². The Morgan fingerprint density at radius 2 is 1.81 bits per heavy atom. The quantitative estimate of drug-likeness (QED) is 0.418. The maximum atomic E-state index is 13.3. The van der Waals surface area contributed by atoms with Gasteiger partial charge in [-0.3, -0.25) is 14.4 Å². The van der Waals surface area contributed by atoms with E-state index in [0.717, 1.165) is 5.56 Å². The van der Waals surface area contributed by atoms with Crippen molar-refractivity contribution >= 4 is 23.7 Å².